The van der Waals surface area contributed by atoms with Crippen LogP contribution in [0, 0.1) is 0 Å². The van der Waals surface area contributed by atoms with Crippen LogP contribution in [0.1, 0.15) is 5.69 Å². The lowest BCUT2D eigenvalue weighted by atomic mass is 10.3. The van der Waals surface area contributed by atoms with Gasteiger partial charge in [-0.15, -0.1) is 0 Å². The number of fused-ring (bicyclic) bond motifs is 1. The molecule has 0 aliphatic rings. The molecule has 5 aromatic rings. The zero-order valence-electron chi connectivity index (χ0n) is 19.0. The molecule has 0 unspecified atom stereocenters. The first-order valence-corrected chi connectivity index (χ1v) is 10.9. The van der Waals surface area contributed by atoms with Crippen LogP contribution in [0.3, 0.4) is 0 Å². The van der Waals surface area contributed by atoms with E-state index in [1.807, 2.05) is 34.9 Å². The maximum Gasteiger partial charge on any atom is 0.482 e. The summed E-state index contributed by atoms with van der Waals surface area (Å²) in [6, 6.07) is 21.6. The minimum atomic E-state index is -4.09. The van der Waals surface area contributed by atoms with E-state index in [0.29, 0.717) is 11.7 Å². The lowest BCUT2D eigenvalue weighted by molar-refractivity contribution is -0.187. The molecule has 3 aromatic heterocycles. The summed E-state index contributed by atoms with van der Waals surface area (Å²) in [4.78, 5) is 20.9. The first kappa shape index (κ1) is 23.0. The molecule has 2 aromatic carbocycles. The van der Waals surface area contributed by atoms with E-state index in [-0.39, 0.29) is 18.2 Å². The zero-order chi connectivity index (χ0) is 25.1. The van der Waals surface area contributed by atoms with Gasteiger partial charge in [0.15, 0.2) is 0 Å². The van der Waals surface area contributed by atoms with E-state index in [0.717, 1.165) is 16.9 Å². The predicted octanol–water partition coefficient (Wildman–Crippen LogP) is 4.34. The maximum absolute atomic E-state index is 14.3. The molecule has 0 saturated heterocycles. The molecule has 11 heteroatoms. The van der Waals surface area contributed by atoms with Crippen molar-refractivity contribution in [3.8, 4) is 17.6 Å². The molecule has 5 rings (SSSR count). The van der Waals surface area contributed by atoms with E-state index in [2.05, 4.69) is 25.1 Å². The maximum atomic E-state index is 14.3. The summed E-state index contributed by atoms with van der Waals surface area (Å²) in [5.74, 6) is -1.11. The van der Waals surface area contributed by atoms with Crippen molar-refractivity contribution in [3.63, 3.8) is 0 Å². The Morgan fingerprint density at radius 1 is 0.972 bits per heavy atom. The summed E-state index contributed by atoms with van der Waals surface area (Å²) in [5.41, 5.74) is 1.94. The monoisotopic (exact) mass is 490 g/mol. The largest absolute Gasteiger partial charge is 0.482 e. The Morgan fingerprint density at radius 2 is 1.75 bits per heavy atom. The number of aromatic nitrogens is 5. The van der Waals surface area contributed by atoms with Crippen molar-refractivity contribution in [2.24, 2.45) is 7.05 Å². The first-order valence-electron chi connectivity index (χ1n) is 10.9. The number of carbonyl (C=O) groups excluding carboxylic acids is 1. The molecular weight excluding hydrogens is 470 g/mol. The number of benzene rings is 2. The van der Waals surface area contributed by atoms with Crippen molar-refractivity contribution in [1.82, 2.24) is 24.3 Å². The molecule has 0 radical (unpaired) electrons. The number of halogens is 2. The number of amides is 1. The number of alkyl halides is 2. The minimum absolute atomic E-state index is 0.0260. The van der Waals surface area contributed by atoms with Gasteiger partial charge >= 0.3 is 18.0 Å². The second kappa shape index (κ2) is 9.45. The molecule has 1 amide bonds. The molecule has 0 aliphatic heterocycles. The number of hydrogen-bond acceptors (Lipinski definition) is 6. The average Bonchev–Trinajstić information content (AvgIpc) is 3.45. The number of hydrogen-bond donors (Lipinski definition) is 1. The molecule has 3 heterocycles. The Morgan fingerprint density at radius 3 is 2.53 bits per heavy atom. The molecule has 0 atom stereocenters. The Bertz CT molecular complexity index is 1520. The van der Waals surface area contributed by atoms with Gasteiger partial charge in [-0.05, 0) is 36.4 Å². The lowest BCUT2D eigenvalue weighted by Crippen LogP contribution is -2.40. The second-order valence-electron chi connectivity index (χ2n) is 7.72. The van der Waals surface area contributed by atoms with Crippen LogP contribution in [0.5, 0.6) is 11.8 Å². The van der Waals surface area contributed by atoms with Crippen LogP contribution < -0.4 is 14.8 Å². The summed E-state index contributed by atoms with van der Waals surface area (Å²) in [5, 5.41) is 6.30. The van der Waals surface area contributed by atoms with Crippen LogP contribution >= 0.6 is 0 Å². The molecule has 1 N–H and O–H groups in total. The zero-order valence-corrected chi connectivity index (χ0v) is 19.0. The third kappa shape index (κ3) is 4.71. The SMILES string of the molecule is Cn1nccc1-n1c(OCc2cccc(NC(=O)C(F)(F)Oc3ccccc3)n2)nc2ccccc21. The van der Waals surface area contributed by atoms with Crippen molar-refractivity contribution in [2.45, 2.75) is 12.7 Å². The fourth-order valence-electron chi connectivity index (χ4n) is 3.55. The Hall–Kier alpha value is -4.80. The molecule has 0 fully saturated rings. The number of rotatable bonds is 8. The number of aryl methyl sites for hydroxylation is 1. The van der Waals surface area contributed by atoms with E-state index in [4.69, 9.17) is 4.74 Å². The van der Waals surface area contributed by atoms with E-state index < -0.39 is 12.0 Å². The molecule has 182 valence electrons. The van der Waals surface area contributed by atoms with Gasteiger partial charge in [0.1, 0.15) is 24.0 Å². The van der Waals surface area contributed by atoms with Gasteiger partial charge in [-0.2, -0.15) is 18.9 Å². The summed E-state index contributed by atoms with van der Waals surface area (Å²) in [7, 11) is 1.80. The van der Waals surface area contributed by atoms with Gasteiger partial charge in [-0.1, -0.05) is 36.4 Å². The number of para-hydroxylation sites is 3. The van der Waals surface area contributed by atoms with E-state index in [1.165, 1.54) is 30.3 Å². The fraction of sp³-hybridized carbons (Fsp3) is 0.120. The molecule has 9 nitrogen and oxygen atoms in total. The first-order chi connectivity index (χ1) is 17.4. The normalized spacial score (nSPS) is 11.4. The summed E-state index contributed by atoms with van der Waals surface area (Å²) < 4.78 is 42.5. The highest BCUT2D eigenvalue weighted by Gasteiger charge is 2.42. The van der Waals surface area contributed by atoms with Crippen molar-refractivity contribution in [1.29, 1.82) is 0 Å². The quantitative estimate of drug-likeness (QED) is 0.348. The predicted molar refractivity (Wildman–Crippen MR) is 127 cm³/mol. The number of nitrogens with one attached hydrogen (secondary N) is 1. The second-order valence-corrected chi connectivity index (χ2v) is 7.72. The van der Waals surface area contributed by atoms with Crippen LogP contribution in [-0.4, -0.2) is 36.3 Å². The summed E-state index contributed by atoms with van der Waals surface area (Å²) in [6.07, 6.45) is -2.43. The summed E-state index contributed by atoms with van der Waals surface area (Å²) in [6.45, 7) is -0.0260. The van der Waals surface area contributed by atoms with Gasteiger partial charge in [-0.25, -0.2) is 9.55 Å². The third-order valence-corrected chi connectivity index (χ3v) is 5.21. The van der Waals surface area contributed by atoms with E-state index >= 15 is 0 Å². The lowest BCUT2D eigenvalue weighted by Gasteiger charge is -2.17. The van der Waals surface area contributed by atoms with Crippen LogP contribution in [0.25, 0.3) is 16.9 Å². The molecule has 36 heavy (non-hydrogen) atoms. The molecule has 0 bridgehead atoms. The topological polar surface area (TPSA) is 96.1 Å². The van der Waals surface area contributed by atoms with Gasteiger partial charge in [0, 0.05) is 13.1 Å². The summed E-state index contributed by atoms with van der Waals surface area (Å²) >= 11 is 0. The molecule has 0 spiro atoms. The number of anilines is 1. The van der Waals surface area contributed by atoms with Crippen molar-refractivity contribution >= 4 is 22.8 Å². The highest BCUT2D eigenvalue weighted by molar-refractivity contribution is 5.94. The standard InChI is InChI=1S/C25H20F2N6O3/c1-32-22(14-15-28-32)33-20-12-6-5-11-19(20)30-24(33)35-16-17-8-7-13-21(29-17)31-23(34)25(26,27)36-18-9-3-2-4-10-18/h2-15H,16H2,1H3,(H,29,31,34). The Kier molecular flexibility index (Phi) is 6.03. The van der Waals surface area contributed by atoms with Crippen LogP contribution in [-0.2, 0) is 18.4 Å². The Labute approximate surface area is 203 Å². The highest BCUT2D eigenvalue weighted by Crippen LogP contribution is 2.27. The van der Waals surface area contributed by atoms with Crippen LogP contribution in [0.15, 0.2) is 85.1 Å². The fourth-order valence-corrected chi connectivity index (χ4v) is 3.55. The minimum Gasteiger partial charge on any atom is -0.458 e. The molecule has 0 saturated carbocycles. The van der Waals surface area contributed by atoms with Crippen LogP contribution in [0.2, 0.25) is 0 Å². The Balaban J connectivity index is 1.32. The van der Waals surface area contributed by atoms with Gasteiger partial charge in [0.25, 0.3) is 0 Å². The average molecular weight is 490 g/mol. The van der Waals surface area contributed by atoms with E-state index in [1.54, 1.807) is 36.1 Å². The smallest absolute Gasteiger partial charge is 0.458 e. The van der Waals surface area contributed by atoms with Gasteiger partial charge in [0.2, 0.25) is 0 Å². The number of carbonyl (C=O) groups is 1. The van der Waals surface area contributed by atoms with Crippen LogP contribution in [0.4, 0.5) is 14.6 Å². The third-order valence-electron chi connectivity index (χ3n) is 5.21. The number of pyridine rings is 1. The number of imidazole rings is 1. The highest BCUT2D eigenvalue weighted by atomic mass is 19.3. The molecule has 0 aliphatic carbocycles. The van der Waals surface area contributed by atoms with Gasteiger partial charge < -0.3 is 14.8 Å². The van der Waals surface area contributed by atoms with Gasteiger partial charge in [-0.3, -0.25) is 9.48 Å². The van der Waals surface area contributed by atoms with Gasteiger partial charge in [0.05, 0.1) is 22.9 Å². The number of nitrogens with zero attached hydrogens (tertiary/aromatic N) is 5. The van der Waals surface area contributed by atoms with Crippen molar-refractivity contribution in [3.05, 3.63) is 90.8 Å². The van der Waals surface area contributed by atoms with E-state index in [9.17, 15) is 13.6 Å². The van der Waals surface area contributed by atoms with Crippen molar-refractivity contribution in [2.75, 3.05) is 5.32 Å². The van der Waals surface area contributed by atoms with Crippen molar-refractivity contribution < 1.29 is 23.0 Å². The molecular formula is C25H20F2N6O3. The number of ether oxygens (including phenoxy) is 2.